The largest absolute Gasteiger partial charge is 0.325 e. The number of carbonyl (C=O) groups is 1. The molecular weight excluding hydrogens is 336 g/mol. The van der Waals surface area contributed by atoms with Crippen LogP contribution in [0.25, 0.3) is 22.2 Å². The van der Waals surface area contributed by atoms with Gasteiger partial charge in [-0.25, -0.2) is 4.98 Å². The Morgan fingerprint density at radius 3 is 2.74 bits per heavy atom. The lowest BCUT2D eigenvalue weighted by molar-refractivity contribution is -0.108. The van der Waals surface area contributed by atoms with Crippen molar-refractivity contribution < 1.29 is 4.79 Å². The van der Waals surface area contributed by atoms with Gasteiger partial charge in [0, 0.05) is 10.9 Å². The Labute approximate surface area is 159 Å². The zero-order valence-electron chi connectivity index (χ0n) is 15.6. The summed E-state index contributed by atoms with van der Waals surface area (Å²) in [6, 6.07) is 18.1. The summed E-state index contributed by atoms with van der Waals surface area (Å²) in [6.45, 7) is 4.46. The molecule has 5 heteroatoms. The molecule has 1 aromatic heterocycles. The average Bonchev–Trinajstić information content (AvgIpc) is 2.66. The molecule has 2 aromatic carbocycles. The van der Waals surface area contributed by atoms with Crippen LogP contribution in [-0.4, -0.2) is 17.4 Å². The number of anilines is 1. The number of pyridine rings is 1. The van der Waals surface area contributed by atoms with E-state index in [1.807, 2.05) is 30.3 Å². The number of hydrogen-bond donors (Lipinski definition) is 3. The number of rotatable bonds is 6. The van der Waals surface area contributed by atoms with Gasteiger partial charge >= 0.3 is 0 Å². The van der Waals surface area contributed by atoms with Crippen molar-refractivity contribution in [3.8, 4) is 11.3 Å². The van der Waals surface area contributed by atoms with Crippen LogP contribution < -0.4 is 10.6 Å². The molecule has 27 heavy (non-hydrogen) atoms. The number of nitrogens with zero attached hydrogens (tertiary/aromatic N) is 1. The second-order valence-electron chi connectivity index (χ2n) is 6.97. The van der Waals surface area contributed by atoms with Gasteiger partial charge < -0.3 is 5.32 Å². The Hall–Kier alpha value is -3.21. The molecule has 3 aromatic rings. The third-order valence-electron chi connectivity index (χ3n) is 4.41. The van der Waals surface area contributed by atoms with Crippen molar-refractivity contribution in [2.75, 3.05) is 5.32 Å². The molecule has 0 aliphatic rings. The van der Waals surface area contributed by atoms with Crippen molar-refractivity contribution in [1.29, 1.82) is 5.41 Å². The van der Waals surface area contributed by atoms with Gasteiger partial charge in [-0.3, -0.25) is 15.5 Å². The number of nitrogens with one attached hydrogen (secondary N) is 3. The van der Waals surface area contributed by atoms with Crippen LogP contribution in [0.15, 0.2) is 54.6 Å². The van der Waals surface area contributed by atoms with Crippen LogP contribution in [0.5, 0.6) is 0 Å². The zero-order valence-corrected chi connectivity index (χ0v) is 15.6. The molecular formula is C22H24N4O. The summed E-state index contributed by atoms with van der Waals surface area (Å²) >= 11 is 0. The van der Waals surface area contributed by atoms with Crippen LogP contribution in [0.2, 0.25) is 0 Å². The Morgan fingerprint density at radius 2 is 1.96 bits per heavy atom. The molecule has 0 unspecified atom stereocenters. The van der Waals surface area contributed by atoms with E-state index in [2.05, 4.69) is 48.7 Å². The fraction of sp³-hybridized carbons (Fsp3) is 0.227. The van der Waals surface area contributed by atoms with Crippen molar-refractivity contribution >= 4 is 29.0 Å². The van der Waals surface area contributed by atoms with Crippen molar-refractivity contribution in [2.45, 2.75) is 26.7 Å². The van der Waals surface area contributed by atoms with E-state index in [-0.39, 0.29) is 5.96 Å². The van der Waals surface area contributed by atoms with Crippen LogP contribution in [0.3, 0.4) is 0 Å². The number of benzene rings is 2. The first-order chi connectivity index (χ1) is 13.1. The zero-order chi connectivity index (χ0) is 19.2. The Morgan fingerprint density at radius 1 is 1.15 bits per heavy atom. The highest BCUT2D eigenvalue weighted by Crippen LogP contribution is 2.29. The second kappa shape index (κ2) is 8.45. The molecule has 3 N–H and O–H groups in total. The molecule has 0 atom stereocenters. The molecule has 0 spiro atoms. The van der Waals surface area contributed by atoms with Gasteiger partial charge in [0.05, 0.1) is 16.9 Å². The van der Waals surface area contributed by atoms with Gasteiger partial charge in [0.25, 0.3) is 0 Å². The molecule has 5 nitrogen and oxygen atoms in total. The predicted molar refractivity (Wildman–Crippen MR) is 111 cm³/mol. The highest BCUT2D eigenvalue weighted by molar-refractivity contribution is 6.04. The second-order valence-corrected chi connectivity index (χ2v) is 6.97. The number of para-hydroxylation sites is 1. The summed E-state index contributed by atoms with van der Waals surface area (Å²) < 4.78 is 0. The number of hydrogen-bond acceptors (Lipinski definition) is 3. The quantitative estimate of drug-likeness (QED) is 0.342. The van der Waals surface area contributed by atoms with Gasteiger partial charge in [-0.15, -0.1) is 0 Å². The smallest absolute Gasteiger partial charge is 0.213 e. The number of carbonyl (C=O) groups excluding carboxylic acids is 1. The summed E-state index contributed by atoms with van der Waals surface area (Å²) in [7, 11) is 0. The van der Waals surface area contributed by atoms with Crippen molar-refractivity contribution in [3.63, 3.8) is 0 Å². The SMILES string of the molecule is CC(C)CCc1cccc(-c2cc(NC(=N)NC=O)c3ccccc3n2)c1. The van der Waals surface area contributed by atoms with E-state index in [0.29, 0.717) is 12.3 Å². The van der Waals surface area contributed by atoms with Gasteiger partial charge in [0.2, 0.25) is 6.41 Å². The molecule has 1 heterocycles. The average molecular weight is 360 g/mol. The lowest BCUT2D eigenvalue weighted by Crippen LogP contribution is -2.28. The minimum atomic E-state index is -0.0713. The lowest BCUT2D eigenvalue weighted by atomic mass is 9.99. The summed E-state index contributed by atoms with van der Waals surface area (Å²) in [5.74, 6) is 0.595. The third kappa shape index (κ3) is 4.70. The van der Waals surface area contributed by atoms with Crippen LogP contribution in [0.4, 0.5) is 5.69 Å². The highest BCUT2D eigenvalue weighted by Gasteiger charge is 2.09. The van der Waals surface area contributed by atoms with Crippen LogP contribution in [0.1, 0.15) is 25.8 Å². The number of aromatic nitrogens is 1. The first kappa shape index (κ1) is 18.6. The molecule has 0 bridgehead atoms. The lowest BCUT2D eigenvalue weighted by Gasteiger charge is -2.13. The van der Waals surface area contributed by atoms with E-state index in [1.165, 1.54) is 5.56 Å². The molecule has 0 aliphatic carbocycles. The first-order valence-electron chi connectivity index (χ1n) is 9.11. The van der Waals surface area contributed by atoms with Gasteiger partial charge in [-0.1, -0.05) is 50.2 Å². The maximum atomic E-state index is 10.6. The summed E-state index contributed by atoms with van der Waals surface area (Å²) in [6.07, 6.45) is 2.67. The maximum absolute atomic E-state index is 10.6. The molecule has 0 saturated carbocycles. The van der Waals surface area contributed by atoms with Gasteiger partial charge in [-0.2, -0.15) is 0 Å². The molecule has 1 amide bonds. The molecule has 0 aliphatic heterocycles. The standard InChI is InChI=1S/C22H24N4O/c1-15(2)10-11-16-6-5-7-17(12-16)20-13-21(26-22(23)24-14-27)18-8-3-4-9-19(18)25-20/h3-9,12-15H,10-11H2,1-2H3,(H3,23,24,25,26,27). The van der Waals surface area contributed by atoms with Crippen molar-refractivity contribution in [1.82, 2.24) is 10.3 Å². The van der Waals surface area contributed by atoms with Crippen molar-refractivity contribution in [2.24, 2.45) is 5.92 Å². The van der Waals surface area contributed by atoms with Gasteiger partial charge in [0.15, 0.2) is 5.96 Å². The van der Waals surface area contributed by atoms with Gasteiger partial charge in [0.1, 0.15) is 0 Å². The number of fused-ring (bicyclic) bond motifs is 1. The molecule has 3 rings (SSSR count). The molecule has 0 saturated heterocycles. The monoisotopic (exact) mass is 360 g/mol. The van der Waals surface area contributed by atoms with Crippen LogP contribution in [-0.2, 0) is 11.2 Å². The Balaban J connectivity index is 2.00. The minimum absolute atomic E-state index is 0.0713. The van der Waals surface area contributed by atoms with E-state index in [9.17, 15) is 4.79 Å². The van der Waals surface area contributed by atoms with E-state index in [4.69, 9.17) is 10.4 Å². The summed E-state index contributed by atoms with van der Waals surface area (Å²) in [4.78, 5) is 15.4. The normalized spacial score (nSPS) is 10.8. The van der Waals surface area contributed by atoms with E-state index >= 15 is 0 Å². The highest BCUT2D eigenvalue weighted by atomic mass is 16.1. The van der Waals surface area contributed by atoms with Crippen LogP contribution in [0, 0.1) is 11.3 Å². The van der Waals surface area contributed by atoms with E-state index < -0.39 is 0 Å². The molecule has 0 fully saturated rings. The van der Waals surface area contributed by atoms with Crippen molar-refractivity contribution in [3.05, 3.63) is 60.2 Å². The summed E-state index contributed by atoms with van der Waals surface area (Å²) in [5.41, 5.74) is 4.74. The fourth-order valence-corrected chi connectivity index (χ4v) is 3.00. The fourth-order valence-electron chi connectivity index (χ4n) is 3.00. The number of amides is 1. The Kier molecular flexibility index (Phi) is 5.81. The van der Waals surface area contributed by atoms with E-state index in [1.54, 1.807) is 0 Å². The number of aryl methyl sites for hydroxylation is 1. The minimum Gasteiger partial charge on any atom is -0.325 e. The predicted octanol–water partition coefficient (Wildman–Crippen LogP) is 4.58. The Bertz CT molecular complexity index is 965. The third-order valence-corrected chi connectivity index (χ3v) is 4.41. The number of guanidine groups is 1. The maximum Gasteiger partial charge on any atom is 0.213 e. The van der Waals surface area contributed by atoms with Crippen LogP contribution >= 0.6 is 0 Å². The van der Waals surface area contributed by atoms with E-state index in [0.717, 1.165) is 40.7 Å². The molecule has 138 valence electrons. The topological polar surface area (TPSA) is 77.9 Å². The first-order valence-corrected chi connectivity index (χ1v) is 9.11. The summed E-state index contributed by atoms with van der Waals surface area (Å²) in [5, 5.41) is 14.0. The molecule has 0 radical (unpaired) electrons. The van der Waals surface area contributed by atoms with Gasteiger partial charge in [-0.05, 0) is 42.5 Å².